The van der Waals surface area contributed by atoms with Gasteiger partial charge in [0.05, 0.1) is 14.2 Å². The van der Waals surface area contributed by atoms with Crippen molar-refractivity contribution in [1.82, 2.24) is 5.16 Å². The third-order valence-electron chi connectivity index (χ3n) is 2.73. The maximum atomic E-state index is 5.98. The maximum absolute atomic E-state index is 5.98. The molecule has 3 nitrogen and oxygen atoms in total. The van der Waals surface area contributed by atoms with Crippen LogP contribution in [-0.4, -0.2) is 5.16 Å². The Hall–Kier alpha value is -0.630. The highest BCUT2D eigenvalue weighted by atomic mass is 79.9. The van der Waals surface area contributed by atoms with Gasteiger partial charge in [-0.25, -0.2) is 0 Å². The molecule has 1 aromatic carbocycles. The van der Waals surface area contributed by atoms with E-state index in [1.165, 1.54) is 0 Å². The second-order valence-electron chi connectivity index (χ2n) is 3.98. The summed E-state index contributed by atoms with van der Waals surface area (Å²) in [4.78, 5) is 0.957. The Morgan fingerprint density at radius 1 is 1.10 bits per heavy atom. The van der Waals surface area contributed by atoms with Gasteiger partial charge in [-0.2, -0.15) is 0 Å². The number of hydrogen-bond donors (Lipinski definition) is 1. The number of anilines is 1. The number of halogens is 3. The number of nitrogen functional groups attached to an aromatic ring is 1. The molecule has 0 spiro atoms. The normalized spacial score (nSPS) is 10.9. The molecule has 0 saturated carbocycles. The maximum Gasteiger partial charge on any atom is 0.186 e. The van der Waals surface area contributed by atoms with Gasteiger partial charge in [-0.05, 0) is 44.0 Å². The van der Waals surface area contributed by atoms with E-state index in [4.69, 9.17) is 10.3 Å². The number of nitrogens with zero attached hydrogens (tertiary/aromatic N) is 1. The standard InChI is InChI=1S/C13H7Br3N2OS/c14-7-4-2-1-3-6(7)10-11(19-18-13(10)17)9-5-8(15)12(16)20-9/h1-5H,(H2,17,18). The molecule has 0 unspecified atom stereocenters. The van der Waals surface area contributed by atoms with E-state index in [2.05, 4.69) is 52.9 Å². The van der Waals surface area contributed by atoms with Crippen molar-refractivity contribution in [1.29, 1.82) is 0 Å². The Morgan fingerprint density at radius 2 is 1.85 bits per heavy atom. The van der Waals surface area contributed by atoms with E-state index < -0.39 is 0 Å². The number of aromatic nitrogens is 1. The zero-order valence-corrected chi connectivity index (χ0v) is 15.4. The molecule has 0 radical (unpaired) electrons. The van der Waals surface area contributed by atoms with E-state index in [1.807, 2.05) is 30.3 Å². The summed E-state index contributed by atoms with van der Waals surface area (Å²) in [5.74, 6) is 1.05. The fourth-order valence-corrected chi connectivity index (χ4v) is 4.36. The van der Waals surface area contributed by atoms with Gasteiger partial charge in [-0.1, -0.05) is 39.3 Å². The molecule has 20 heavy (non-hydrogen) atoms. The lowest BCUT2D eigenvalue weighted by atomic mass is 10.1. The van der Waals surface area contributed by atoms with Gasteiger partial charge in [0.25, 0.3) is 0 Å². The summed E-state index contributed by atoms with van der Waals surface area (Å²) in [6.07, 6.45) is 0. The lowest BCUT2D eigenvalue weighted by molar-refractivity contribution is 0.437. The number of nitrogens with two attached hydrogens (primary N) is 1. The summed E-state index contributed by atoms with van der Waals surface area (Å²) in [7, 11) is 0. The summed E-state index contributed by atoms with van der Waals surface area (Å²) in [6.45, 7) is 0. The van der Waals surface area contributed by atoms with Crippen LogP contribution in [0.5, 0.6) is 0 Å². The highest BCUT2D eigenvalue weighted by Gasteiger charge is 2.21. The molecule has 2 heterocycles. The molecule has 0 fully saturated rings. The minimum Gasteiger partial charge on any atom is -0.380 e. The highest BCUT2D eigenvalue weighted by molar-refractivity contribution is 9.13. The average Bonchev–Trinajstić information content (AvgIpc) is 2.94. The molecule has 2 N–H and O–H groups in total. The molecule has 0 bridgehead atoms. The van der Waals surface area contributed by atoms with Gasteiger partial charge in [0, 0.05) is 14.5 Å². The minimum atomic E-state index is 0.382. The molecule has 102 valence electrons. The van der Waals surface area contributed by atoms with Gasteiger partial charge >= 0.3 is 0 Å². The van der Waals surface area contributed by atoms with Gasteiger partial charge in [0.2, 0.25) is 0 Å². The van der Waals surface area contributed by atoms with Crippen LogP contribution in [-0.2, 0) is 0 Å². The second-order valence-corrected chi connectivity index (χ2v) is 8.06. The summed E-state index contributed by atoms with van der Waals surface area (Å²) in [5.41, 5.74) is 7.74. The monoisotopic (exact) mass is 476 g/mol. The van der Waals surface area contributed by atoms with Crippen molar-refractivity contribution in [2.45, 2.75) is 0 Å². The molecule has 2 aromatic heterocycles. The second kappa shape index (κ2) is 5.63. The van der Waals surface area contributed by atoms with Gasteiger partial charge in [0.15, 0.2) is 11.6 Å². The van der Waals surface area contributed by atoms with Crippen LogP contribution in [0.15, 0.2) is 47.6 Å². The molecule has 0 saturated heterocycles. The van der Waals surface area contributed by atoms with Crippen molar-refractivity contribution in [2.75, 3.05) is 5.73 Å². The van der Waals surface area contributed by atoms with Crippen molar-refractivity contribution in [2.24, 2.45) is 0 Å². The fourth-order valence-electron chi connectivity index (χ4n) is 1.85. The Kier molecular flexibility index (Phi) is 4.03. The Bertz CT molecular complexity index is 762. The van der Waals surface area contributed by atoms with E-state index in [9.17, 15) is 0 Å². The van der Waals surface area contributed by atoms with E-state index in [1.54, 1.807) is 11.3 Å². The fraction of sp³-hybridized carbons (Fsp3) is 0. The Balaban J connectivity index is 2.23. The molecule has 0 aliphatic rings. The average molecular weight is 479 g/mol. The molecule has 0 amide bonds. The van der Waals surface area contributed by atoms with Crippen molar-refractivity contribution < 1.29 is 4.52 Å². The van der Waals surface area contributed by atoms with Crippen molar-refractivity contribution in [3.8, 4) is 21.8 Å². The third kappa shape index (κ3) is 2.47. The van der Waals surface area contributed by atoms with Crippen LogP contribution in [0.25, 0.3) is 21.8 Å². The largest absolute Gasteiger partial charge is 0.380 e. The molecular weight excluding hydrogens is 472 g/mol. The molecule has 3 rings (SSSR count). The summed E-state index contributed by atoms with van der Waals surface area (Å²) < 4.78 is 8.36. The molecule has 7 heteroatoms. The molecular formula is C13H7Br3N2OS. The zero-order chi connectivity index (χ0) is 14.3. The minimum absolute atomic E-state index is 0.382. The molecule has 0 atom stereocenters. The number of rotatable bonds is 2. The van der Waals surface area contributed by atoms with Crippen LogP contribution in [0.2, 0.25) is 0 Å². The van der Waals surface area contributed by atoms with Crippen LogP contribution in [0.4, 0.5) is 5.82 Å². The summed E-state index contributed by atoms with van der Waals surface area (Å²) >= 11 is 12.1. The van der Waals surface area contributed by atoms with E-state index in [0.717, 1.165) is 28.7 Å². The summed E-state index contributed by atoms with van der Waals surface area (Å²) in [5, 5.41) is 3.91. The molecule has 3 aromatic rings. The predicted octanol–water partition coefficient (Wildman–Crippen LogP) is 5.94. The van der Waals surface area contributed by atoms with Crippen LogP contribution >= 0.6 is 59.1 Å². The predicted molar refractivity (Wildman–Crippen MR) is 92.8 cm³/mol. The van der Waals surface area contributed by atoms with Crippen LogP contribution < -0.4 is 5.73 Å². The number of hydrogen-bond acceptors (Lipinski definition) is 4. The lowest BCUT2D eigenvalue weighted by Crippen LogP contribution is -1.89. The number of thiophene rings is 1. The van der Waals surface area contributed by atoms with Gasteiger partial charge in [0.1, 0.15) is 0 Å². The van der Waals surface area contributed by atoms with Gasteiger partial charge < -0.3 is 10.3 Å². The number of benzene rings is 1. The van der Waals surface area contributed by atoms with E-state index >= 15 is 0 Å². The quantitative estimate of drug-likeness (QED) is 0.496. The van der Waals surface area contributed by atoms with Crippen LogP contribution in [0.3, 0.4) is 0 Å². The SMILES string of the molecule is Nc1noc(-c2cc(Br)c(Br)s2)c1-c1ccccc1Br. The Morgan fingerprint density at radius 3 is 2.50 bits per heavy atom. The third-order valence-corrected chi connectivity index (χ3v) is 6.68. The first kappa shape index (κ1) is 14.3. The van der Waals surface area contributed by atoms with Crippen LogP contribution in [0, 0.1) is 0 Å². The molecule has 0 aliphatic carbocycles. The van der Waals surface area contributed by atoms with Gasteiger partial charge in [-0.3, -0.25) is 0 Å². The van der Waals surface area contributed by atoms with Crippen molar-refractivity contribution in [3.05, 3.63) is 43.1 Å². The first-order valence-corrected chi connectivity index (χ1v) is 8.72. The Labute approximate surface area is 144 Å². The first-order valence-electron chi connectivity index (χ1n) is 5.53. The van der Waals surface area contributed by atoms with E-state index in [0.29, 0.717) is 11.6 Å². The van der Waals surface area contributed by atoms with Crippen molar-refractivity contribution in [3.63, 3.8) is 0 Å². The van der Waals surface area contributed by atoms with Crippen LogP contribution in [0.1, 0.15) is 0 Å². The van der Waals surface area contributed by atoms with Gasteiger partial charge in [-0.15, -0.1) is 11.3 Å². The molecule has 0 aliphatic heterocycles. The zero-order valence-electron chi connectivity index (χ0n) is 9.86. The van der Waals surface area contributed by atoms with Crippen molar-refractivity contribution >= 4 is 64.9 Å². The van der Waals surface area contributed by atoms with E-state index in [-0.39, 0.29) is 0 Å². The first-order chi connectivity index (χ1) is 9.58. The topological polar surface area (TPSA) is 52.0 Å². The summed E-state index contributed by atoms with van der Waals surface area (Å²) in [6, 6.07) is 9.83. The highest BCUT2D eigenvalue weighted by Crippen LogP contribution is 2.45. The lowest BCUT2D eigenvalue weighted by Gasteiger charge is -2.03. The smallest absolute Gasteiger partial charge is 0.186 e.